The van der Waals surface area contributed by atoms with Crippen LogP contribution in [0.5, 0.6) is 0 Å². The molecule has 0 amide bonds. The minimum absolute atomic E-state index is 0.188. The van der Waals surface area contributed by atoms with Gasteiger partial charge >= 0.3 is 17.9 Å². The summed E-state index contributed by atoms with van der Waals surface area (Å²) < 4.78 is 4.38. The smallest absolute Gasteiger partial charge is 0.327 e. The van der Waals surface area contributed by atoms with Crippen molar-refractivity contribution in [3.05, 3.63) is 0 Å². The fourth-order valence-electron chi connectivity index (χ4n) is 1.30. The fourth-order valence-corrected chi connectivity index (χ4v) is 1.30. The van der Waals surface area contributed by atoms with Gasteiger partial charge in [0.15, 0.2) is 0 Å². The van der Waals surface area contributed by atoms with Crippen molar-refractivity contribution in [1.82, 2.24) is 0 Å². The Labute approximate surface area is 100 Å². The van der Waals surface area contributed by atoms with Crippen LogP contribution in [0.25, 0.3) is 0 Å². The Bertz CT molecular complexity index is 265. The van der Waals surface area contributed by atoms with E-state index in [0.29, 0.717) is 12.8 Å². The number of carbonyl (C=O) groups is 3. The molecule has 0 spiro atoms. The molecule has 0 aliphatic rings. The molecule has 0 aromatic carbocycles. The molecule has 0 aliphatic carbocycles. The van der Waals surface area contributed by atoms with Gasteiger partial charge in [0.2, 0.25) is 0 Å². The van der Waals surface area contributed by atoms with Crippen LogP contribution < -0.4 is 5.73 Å². The van der Waals surface area contributed by atoms with E-state index in [4.69, 9.17) is 10.8 Å². The van der Waals surface area contributed by atoms with Gasteiger partial charge < -0.3 is 15.6 Å². The number of hydrogen-bond donors (Lipinski definition) is 2. The Morgan fingerprint density at radius 3 is 1.94 bits per heavy atom. The van der Waals surface area contributed by atoms with E-state index in [9.17, 15) is 14.4 Å². The van der Waals surface area contributed by atoms with E-state index in [1.807, 2.05) is 0 Å². The van der Waals surface area contributed by atoms with Crippen LogP contribution >= 0.6 is 0 Å². The average molecular weight is 245 g/mol. The second-order valence-corrected chi connectivity index (χ2v) is 3.71. The monoisotopic (exact) mass is 245 g/mol. The Morgan fingerprint density at radius 2 is 1.41 bits per heavy atom. The summed E-state index contributed by atoms with van der Waals surface area (Å²) in [4.78, 5) is 31.9. The van der Waals surface area contributed by atoms with Gasteiger partial charge in [0, 0.05) is 12.8 Å². The number of unbranched alkanes of at least 4 members (excludes halogenated alkanes) is 4. The lowest BCUT2D eigenvalue weighted by molar-refractivity contribution is -0.158. The number of rotatable bonds is 9. The maximum absolute atomic E-state index is 11.0. The van der Waals surface area contributed by atoms with Gasteiger partial charge in [-0.15, -0.1) is 0 Å². The van der Waals surface area contributed by atoms with Crippen LogP contribution in [-0.2, 0) is 19.1 Å². The molecule has 0 heterocycles. The number of carboxylic acid groups (broad SMARTS) is 1. The third-order valence-electron chi connectivity index (χ3n) is 2.17. The van der Waals surface area contributed by atoms with Crippen molar-refractivity contribution in [3.63, 3.8) is 0 Å². The molecular formula is C11H19NO5. The van der Waals surface area contributed by atoms with Crippen LogP contribution in [0.2, 0.25) is 0 Å². The maximum Gasteiger partial charge on any atom is 0.327 e. The molecule has 17 heavy (non-hydrogen) atoms. The number of hydrogen-bond acceptors (Lipinski definition) is 5. The van der Waals surface area contributed by atoms with Crippen LogP contribution in [0.15, 0.2) is 0 Å². The van der Waals surface area contributed by atoms with Gasteiger partial charge in [-0.2, -0.15) is 0 Å². The SMILES string of the molecule is NCC(=O)OC(=O)CCCCCCCC(=O)O. The van der Waals surface area contributed by atoms with E-state index >= 15 is 0 Å². The molecular weight excluding hydrogens is 226 g/mol. The predicted octanol–water partition coefficient (Wildman–Crippen LogP) is 0.830. The zero-order valence-electron chi connectivity index (χ0n) is 9.81. The van der Waals surface area contributed by atoms with Crippen LogP contribution in [0.3, 0.4) is 0 Å². The Balaban J connectivity index is 3.30. The molecule has 0 fully saturated rings. The van der Waals surface area contributed by atoms with E-state index < -0.39 is 17.9 Å². The average Bonchev–Trinajstić information content (AvgIpc) is 2.27. The fraction of sp³-hybridized carbons (Fsp3) is 0.727. The molecule has 6 nitrogen and oxygen atoms in total. The molecule has 0 unspecified atom stereocenters. The molecule has 0 saturated carbocycles. The highest BCUT2D eigenvalue weighted by atomic mass is 16.6. The van der Waals surface area contributed by atoms with Crippen molar-refractivity contribution in [1.29, 1.82) is 0 Å². The Kier molecular flexibility index (Phi) is 8.95. The summed E-state index contributed by atoms with van der Waals surface area (Å²) in [7, 11) is 0. The van der Waals surface area contributed by atoms with Crippen molar-refractivity contribution < 1.29 is 24.2 Å². The van der Waals surface area contributed by atoms with Crippen LogP contribution in [0, 0.1) is 0 Å². The predicted molar refractivity (Wildman–Crippen MR) is 60.1 cm³/mol. The minimum atomic E-state index is -0.783. The van der Waals surface area contributed by atoms with Crippen molar-refractivity contribution in [3.8, 4) is 0 Å². The van der Waals surface area contributed by atoms with Gasteiger partial charge in [-0.25, -0.2) is 0 Å². The number of carboxylic acids is 1. The Morgan fingerprint density at radius 1 is 0.882 bits per heavy atom. The third-order valence-corrected chi connectivity index (χ3v) is 2.17. The number of esters is 2. The van der Waals surface area contributed by atoms with E-state index in [1.165, 1.54) is 0 Å². The first-order chi connectivity index (χ1) is 8.06. The lowest BCUT2D eigenvalue weighted by atomic mass is 10.1. The number of nitrogens with two attached hydrogens (primary N) is 1. The van der Waals surface area contributed by atoms with Gasteiger partial charge in [0.1, 0.15) is 0 Å². The van der Waals surface area contributed by atoms with Gasteiger partial charge in [-0.05, 0) is 12.8 Å². The largest absolute Gasteiger partial charge is 0.481 e. The van der Waals surface area contributed by atoms with Gasteiger partial charge in [0.05, 0.1) is 6.54 Å². The topological polar surface area (TPSA) is 107 Å². The lowest BCUT2D eigenvalue weighted by Crippen LogP contribution is -2.20. The second kappa shape index (κ2) is 9.77. The second-order valence-electron chi connectivity index (χ2n) is 3.71. The number of aliphatic carboxylic acids is 1. The van der Waals surface area contributed by atoms with E-state index in [-0.39, 0.29) is 19.4 Å². The third kappa shape index (κ3) is 10.8. The standard InChI is InChI=1S/C11H19NO5/c12-8-11(16)17-10(15)7-5-3-1-2-4-6-9(13)14/h1-8,12H2,(H,13,14). The van der Waals surface area contributed by atoms with E-state index in [2.05, 4.69) is 4.74 Å². The van der Waals surface area contributed by atoms with Crippen LogP contribution in [0.4, 0.5) is 0 Å². The van der Waals surface area contributed by atoms with Crippen LogP contribution in [-0.4, -0.2) is 29.6 Å². The highest BCUT2D eigenvalue weighted by molar-refractivity contribution is 5.86. The summed E-state index contributed by atoms with van der Waals surface area (Å²) in [6, 6.07) is 0. The first-order valence-electron chi connectivity index (χ1n) is 5.71. The van der Waals surface area contributed by atoms with Crippen molar-refractivity contribution in [2.75, 3.05) is 6.54 Å². The first-order valence-corrected chi connectivity index (χ1v) is 5.71. The first kappa shape index (κ1) is 15.6. The summed E-state index contributed by atoms with van der Waals surface area (Å²) in [5.74, 6) is -2.05. The quantitative estimate of drug-likeness (QED) is 0.354. The zero-order valence-corrected chi connectivity index (χ0v) is 9.81. The molecule has 0 aromatic rings. The Hall–Kier alpha value is -1.43. The zero-order chi connectivity index (χ0) is 13.1. The lowest BCUT2D eigenvalue weighted by Gasteiger charge is -2.01. The summed E-state index contributed by atoms with van der Waals surface area (Å²) in [5, 5.41) is 8.39. The van der Waals surface area contributed by atoms with Gasteiger partial charge in [-0.3, -0.25) is 14.4 Å². The van der Waals surface area contributed by atoms with Crippen molar-refractivity contribution in [2.24, 2.45) is 5.73 Å². The minimum Gasteiger partial charge on any atom is -0.481 e. The molecule has 0 aliphatic heterocycles. The molecule has 0 saturated heterocycles. The number of ether oxygens (including phenoxy) is 1. The van der Waals surface area contributed by atoms with Crippen LogP contribution in [0.1, 0.15) is 44.9 Å². The maximum atomic E-state index is 11.0. The highest BCUT2D eigenvalue weighted by Gasteiger charge is 2.07. The van der Waals surface area contributed by atoms with Crippen molar-refractivity contribution in [2.45, 2.75) is 44.9 Å². The summed E-state index contributed by atoms with van der Waals surface area (Å²) in [6.07, 6.45) is 4.23. The molecule has 0 rings (SSSR count). The molecule has 0 atom stereocenters. The molecule has 6 heteroatoms. The van der Waals surface area contributed by atoms with Crippen molar-refractivity contribution >= 4 is 17.9 Å². The molecule has 0 radical (unpaired) electrons. The van der Waals surface area contributed by atoms with E-state index in [1.54, 1.807) is 0 Å². The van der Waals surface area contributed by atoms with Gasteiger partial charge in [-0.1, -0.05) is 19.3 Å². The van der Waals surface area contributed by atoms with Gasteiger partial charge in [0.25, 0.3) is 0 Å². The summed E-state index contributed by atoms with van der Waals surface area (Å²) in [5.41, 5.74) is 4.98. The normalized spacial score (nSPS) is 9.94. The number of carbonyl (C=O) groups excluding carboxylic acids is 2. The van der Waals surface area contributed by atoms with E-state index in [0.717, 1.165) is 19.3 Å². The molecule has 0 bridgehead atoms. The highest BCUT2D eigenvalue weighted by Crippen LogP contribution is 2.07. The molecule has 98 valence electrons. The summed E-state index contributed by atoms with van der Waals surface area (Å²) >= 11 is 0. The molecule has 3 N–H and O–H groups in total. The molecule has 0 aromatic heterocycles. The summed E-state index contributed by atoms with van der Waals surface area (Å²) in [6.45, 7) is -0.291.